The molecular weight excluding hydrogens is 298 g/mol. The molecule has 22 heavy (non-hydrogen) atoms. The maximum atomic E-state index is 12.7. The Balaban J connectivity index is 1.99. The Hall–Kier alpha value is -2.14. The molecule has 0 aromatic heterocycles. The van der Waals surface area contributed by atoms with Gasteiger partial charge in [-0.2, -0.15) is 0 Å². The molecule has 112 valence electrons. The van der Waals surface area contributed by atoms with Crippen molar-refractivity contribution >= 4 is 29.7 Å². The van der Waals surface area contributed by atoms with E-state index in [1.54, 1.807) is 18.3 Å². The largest absolute Gasteiger partial charge is 0.481 e. The quantitative estimate of drug-likeness (QED) is 0.845. The number of aliphatic imine (C=N–C) groups is 1. The van der Waals surface area contributed by atoms with Crippen LogP contribution in [-0.4, -0.2) is 27.9 Å². The minimum Gasteiger partial charge on any atom is -0.481 e. The Morgan fingerprint density at radius 3 is 2.68 bits per heavy atom. The second-order valence-corrected chi connectivity index (χ2v) is 6.49. The van der Waals surface area contributed by atoms with Crippen LogP contribution >= 0.6 is 11.8 Å². The third-order valence-electron chi connectivity index (χ3n) is 3.85. The van der Waals surface area contributed by atoms with Crippen LogP contribution in [0.5, 0.6) is 0 Å². The number of nitrogens with zero attached hydrogens (tertiary/aromatic N) is 1. The van der Waals surface area contributed by atoms with Crippen molar-refractivity contribution in [1.29, 1.82) is 0 Å². The molecule has 0 saturated heterocycles. The Bertz CT molecular complexity index is 734. The van der Waals surface area contributed by atoms with Gasteiger partial charge in [-0.3, -0.25) is 14.6 Å². The first-order valence-corrected chi connectivity index (χ1v) is 7.88. The fraction of sp³-hybridized carbons (Fsp3) is 0.235. The Labute approximate surface area is 132 Å². The van der Waals surface area contributed by atoms with Gasteiger partial charge in [0, 0.05) is 29.3 Å². The number of hydrogen-bond acceptors (Lipinski definition) is 4. The highest BCUT2D eigenvalue weighted by Crippen LogP contribution is 2.52. The molecular formula is C17H15NO3S. The molecule has 0 amide bonds. The molecule has 2 aliphatic rings. The summed E-state index contributed by atoms with van der Waals surface area (Å²) in [5, 5.41) is 10.9. The van der Waals surface area contributed by atoms with Crippen molar-refractivity contribution in [2.45, 2.75) is 24.6 Å². The smallest absolute Gasteiger partial charge is 0.303 e. The monoisotopic (exact) mass is 313 g/mol. The van der Waals surface area contributed by atoms with Crippen molar-refractivity contribution < 1.29 is 14.7 Å². The molecule has 0 aliphatic carbocycles. The molecule has 0 fully saturated rings. The number of rotatable bonds is 5. The molecule has 5 heteroatoms. The molecule has 0 bridgehead atoms. The lowest BCUT2D eigenvalue weighted by molar-refractivity contribution is -0.137. The van der Waals surface area contributed by atoms with E-state index in [0.717, 1.165) is 11.1 Å². The second kappa shape index (κ2) is 5.57. The van der Waals surface area contributed by atoms with E-state index in [9.17, 15) is 9.59 Å². The van der Waals surface area contributed by atoms with E-state index in [1.165, 1.54) is 11.8 Å². The lowest BCUT2D eigenvalue weighted by Crippen LogP contribution is -2.22. The van der Waals surface area contributed by atoms with Crippen molar-refractivity contribution in [2.24, 2.45) is 4.99 Å². The first kappa shape index (κ1) is 14.8. The molecule has 0 spiro atoms. The minimum absolute atomic E-state index is 0.0295. The standard InChI is InChI=1S/C17H15NO3S/c1-11-10-22-17(8-7-14(19)20)15(11)13(9-18-17)16(21)12-5-3-2-4-6-12/h2-6,9-10H,7-8H2,1H3,(H,19,20). The van der Waals surface area contributed by atoms with Crippen LogP contribution < -0.4 is 0 Å². The van der Waals surface area contributed by atoms with Gasteiger partial charge in [0.1, 0.15) is 4.87 Å². The van der Waals surface area contributed by atoms with E-state index in [2.05, 4.69) is 4.99 Å². The topological polar surface area (TPSA) is 66.7 Å². The Kier molecular flexibility index (Phi) is 3.74. The molecule has 1 atom stereocenters. The number of Topliss-reactive ketones (excluding diaryl/α,β-unsaturated/α-hetero) is 1. The van der Waals surface area contributed by atoms with Gasteiger partial charge in [0.2, 0.25) is 0 Å². The first-order chi connectivity index (χ1) is 10.5. The zero-order chi connectivity index (χ0) is 15.7. The summed E-state index contributed by atoms with van der Waals surface area (Å²) < 4.78 is 0. The van der Waals surface area contributed by atoms with Crippen molar-refractivity contribution in [1.82, 2.24) is 0 Å². The number of fused-ring (bicyclic) bond motifs is 1. The number of thioether (sulfide) groups is 1. The maximum absolute atomic E-state index is 12.7. The SMILES string of the molecule is CC1=CSC2(CCC(=O)O)N=CC(C(=O)c3ccccc3)=C12. The number of allylic oxidation sites excluding steroid dienone is 1. The molecule has 0 radical (unpaired) electrons. The molecule has 0 saturated carbocycles. The number of carbonyl (C=O) groups excluding carboxylic acids is 1. The fourth-order valence-corrected chi connectivity index (χ4v) is 4.02. The van der Waals surface area contributed by atoms with Crippen LogP contribution in [0.25, 0.3) is 0 Å². The fourth-order valence-electron chi connectivity index (χ4n) is 2.81. The Morgan fingerprint density at radius 2 is 2.00 bits per heavy atom. The van der Waals surface area contributed by atoms with Crippen molar-refractivity contribution in [2.75, 3.05) is 0 Å². The lowest BCUT2D eigenvalue weighted by atomic mass is 9.91. The average molecular weight is 313 g/mol. The van der Waals surface area contributed by atoms with Gasteiger partial charge in [-0.15, -0.1) is 0 Å². The van der Waals surface area contributed by atoms with Crippen molar-refractivity contribution in [3.63, 3.8) is 0 Å². The summed E-state index contributed by atoms with van der Waals surface area (Å²) >= 11 is 1.49. The molecule has 2 heterocycles. The zero-order valence-corrected chi connectivity index (χ0v) is 12.9. The molecule has 1 aromatic carbocycles. The van der Waals surface area contributed by atoms with Gasteiger partial charge in [-0.05, 0) is 24.3 Å². The van der Waals surface area contributed by atoms with Gasteiger partial charge >= 0.3 is 5.97 Å². The number of aliphatic carboxylic acids is 1. The van der Waals surface area contributed by atoms with Crippen LogP contribution in [0.15, 0.2) is 57.5 Å². The van der Waals surface area contributed by atoms with Crippen LogP contribution in [0.4, 0.5) is 0 Å². The second-order valence-electron chi connectivity index (χ2n) is 5.34. The summed E-state index contributed by atoms with van der Waals surface area (Å²) in [6, 6.07) is 9.08. The number of carboxylic acids is 1. The maximum Gasteiger partial charge on any atom is 0.303 e. The molecule has 3 rings (SSSR count). The third-order valence-corrected chi connectivity index (χ3v) is 5.22. The van der Waals surface area contributed by atoms with Crippen molar-refractivity contribution in [3.05, 3.63) is 58.0 Å². The highest BCUT2D eigenvalue weighted by atomic mass is 32.2. The lowest BCUT2D eigenvalue weighted by Gasteiger charge is -2.22. The van der Waals surface area contributed by atoms with Crippen molar-refractivity contribution in [3.8, 4) is 0 Å². The predicted octanol–water partition coefficient (Wildman–Crippen LogP) is 3.46. The number of carboxylic acid groups (broad SMARTS) is 1. The van der Waals surface area contributed by atoms with Gasteiger partial charge in [0.25, 0.3) is 0 Å². The summed E-state index contributed by atoms with van der Waals surface area (Å²) in [4.78, 5) is 27.5. The average Bonchev–Trinajstić information content (AvgIpc) is 3.05. The summed E-state index contributed by atoms with van der Waals surface area (Å²) in [7, 11) is 0. The van der Waals surface area contributed by atoms with E-state index < -0.39 is 10.8 Å². The summed E-state index contributed by atoms with van der Waals surface area (Å²) in [5.74, 6) is -0.913. The van der Waals surface area contributed by atoms with Crippen LogP contribution in [0, 0.1) is 0 Å². The van der Waals surface area contributed by atoms with Crippen LogP contribution in [0.1, 0.15) is 30.1 Å². The molecule has 4 nitrogen and oxygen atoms in total. The molecule has 1 aromatic rings. The van der Waals surface area contributed by atoms with Gasteiger partial charge in [0.15, 0.2) is 5.78 Å². The van der Waals surface area contributed by atoms with Crippen LogP contribution in [0.2, 0.25) is 0 Å². The van der Waals surface area contributed by atoms with E-state index in [4.69, 9.17) is 5.11 Å². The third kappa shape index (κ3) is 2.41. The summed E-state index contributed by atoms with van der Waals surface area (Å²) in [6.45, 7) is 1.94. The summed E-state index contributed by atoms with van der Waals surface area (Å²) in [6.07, 6.45) is 2.02. The van der Waals surface area contributed by atoms with Gasteiger partial charge in [0.05, 0.1) is 0 Å². The minimum atomic E-state index is -0.850. The van der Waals surface area contributed by atoms with E-state index >= 15 is 0 Å². The highest BCUT2D eigenvalue weighted by molar-refractivity contribution is 8.04. The molecule has 1 unspecified atom stereocenters. The highest BCUT2D eigenvalue weighted by Gasteiger charge is 2.44. The normalized spacial score (nSPS) is 22.7. The van der Waals surface area contributed by atoms with Gasteiger partial charge in [-0.25, -0.2) is 0 Å². The van der Waals surface area contributed by atoms with Crippen LogP contribution in [-0.2, 0) is 4.79 Å². The van der Waals surface area contributed by atoms with Gasteiger partial charge in [-0.1, -0.05) is 42.1 Å². The molecule has 2 aliphatic heterocycles. The number of carbonyl (C=O) groups is 2. The number of ketones is 1. The summed E-state index contributed by atoms with van der Waals surface area (Å²) in [5.41, 5.74) is 3.06. The van der Waals surface area contributed by atoms with E-state index in [1.807, 2.05) is 30.5 Å². The predicted molar refractivity (Wildman–Crippen MR) is 87.2 cm³/mol. The number of hydrogen-bond donors (Lipinski definition) is 1. The van der Waals surface area contributed by atoms with E-state index in [0.29, 0.717) is 17.6 Å². The Morgan fingerprint density at radius 1 is 1.27 bits per heavy atom. The number of benzene rings is 1. The van der Waals surface area contributed by atoms with E-state index in [-0.39, 0.29) is 12.2 Å². The van der Waals surface area contributed by atoms with Crippen LogP contribution in [0.3, 0.4) is 0 Å². The molecule has 1 N–H and O–H groups in total. The van der Waals surface area contributed by atoms with Gasteiger partial charge < -0.3 is 5.11 Å². The zero-order valence-electron chi connectivity index (χ0n) is 12.1. The first-order valence-electron chi connectivity index (χ1n) is 7.00.